The van der Waals surface area contributed by atoms with Crippen LogP contribution >= 0.6 is 11.6 Å². The van der Waals surface area contributed by atoms with E-state index in [1.54, 1.807) is 37.5 Å². The first-order chi connectivity index (χ1) is 13.1. The molecule has 0 radical (unpaired) electrons. The Kier molecular flexibility index (Phi) is 6.74. The quantitative estimate of drug-likeness (QED) is 0.707. The Balaban J connectivity index is 1.59. The molecule has 1 fully saturated rings. The van der Waals surface area contributed by atoms with Crippen LogP contribution in [0.2, 0.25) is 5.02 Å². The first kappa shape index (κ1) is 19.3. The van der Waals surface area contributed by atoms with Gasteiger partial charge in [-0.25, -0.2) is 0 Å². The van der Waals surface area contributed by atoms with Gasteiger partial charge in [-0.3, -0.25) is 4.79 Å². The van der Waals surface area contributed by atoms with Crippen LogP contribution in [0, 0.1) is 0 Å². The van der Waals surface area contributed by atoms with E-state index in [4.69, 9.17) is 25.8 Å². The summed E-state index contributed by atoms with van der Waals surface area (Å²) in [5.41, 5.74) is 1.39. The minimum absolute atomic E-state index is 0.152. The predicted octanol–water partition coefficient (Wildman–Crippen LogP) is 4.56. The normalized spacial score (nSPS) is 16.4. The molecule has 1 saturated heterocycles. The molecule has 27 heavy (non-hydrogen) atoms. The third-order valence-electron chi connectivity index (χ3n) is 4.17. The number of carbonyl (C=O) groups is 1. The van der Waals surface area contributed by atoms with E-state index in [-0.39, 0.29) is 12.0 Å². The van der Waals surface area contributed by atoms with Crippen molar-refractivity contribution >= 4 is 29.3 Å². The van der Waals surface area contributed by atoms with E-state index >= 15 is 0 Å². The molecule has 0 bridgehead atoms. The standard InChI is InChI=1S/C21H22ClNO4/c1-25-20-9-8-16(22)12-15(20)7-10-21(24)23-17-4-2-5-18(13-17)27-14-19-6-3-11-26-19/h2,4-5,7-10,12-13,19H,3,6,11,14H2,1H3,(H,23,24). The fourth-order valence-corrected chi connectivity index (χ4v) is 2.99. The van der Waals surface area contributed by atoms with Gasteiger partial charge in [0.15, 0.2) is 0 Å². The lowest BCUT2D eigenvalue weighted by Crippen LogP contribution is -2.16. The third-order valence-corrected chi connectivity index (χ3v) is 4.40. The van der Waals surface area contributed by atoms with Crippen LogP contribution < -0.4 is 14.8 Å². The highest BCUT2D eigenvalue weighted by atomic mass is 35.5. The average Bonchev–Trinajstić information content (AvgIpc) is 3.19. The van der Waals surface area contributed by atoms with Gasteiger partial charge in [-0.2, -0.15) is 0 Å². The molecule has 2 aromatic carbocycles. The number of hydrogen-bond acceptors (Lipinski definition) is 4. The van der Waals surface area contributed by atoms with Crippen molar-refractivity contribution in [3.8, 4) is 11.5 Å². The van der Waals surface area contributed by atoms with E-state index < -0.39 is 0 Å². The van der Waals surface area contributed by atoms with Crippen molar-refractivity contribution in [2.75, 3.05) is 25.6 Å². The van der Waals surface area contributed by atoms with Gasteiger partial charge >= 0.3 is 0 Å². The summed E-state index contributed by atoms with van der Waals surface area (Å²) in [5, 5.41) is 3.40. The second kappa shape index (κ2) is 9.44. The Bertz CT molecular complexity index is 816. The molecule has 2 aromatic rings. The van der Waals surface area contributed by atoms with Crippen molar-refractivity contribution in [3.63, 3.8) is 0 Å². The molecule has 5 nitrogen and oxygen atoms in total. The van der Waals surface area contributed by atoms with Crippen LogP contribution in [-0.2, 0) is 9.53 Å². The number of nitrogens with one attached hydrogen (secondary N) is 1. The highest BCUT2D eigenvalue weighted by molar-refractivity contribution is 6.30. The van der Waals surface area contributed by atoms with Crippen molar-refractivity contribution in [1.29, 1.82) is 0 Å². The molecule has 0 saturated carbocycles. The second-order valence-corrected chi connectivity index (χ2v) is 6.62. The molecule has 0 spiro atoms. The number of benzene rings is 2. The molecule has 1 unspecified atom stereocenters. The maximum atomic E-state index is 12.2. The van der Waals surface area contributed by atoms with Crippen molar-refractivity contribution in [2.45, 2.75) is 18.9 Å². The molecule has 1 aliphatic rings. The monoisotopic (exact) mass is 387 g/mol. The fraction of sp³-hybridized carbons (Fsp3) is 0.286. The Labute approximate surface area is 163 Å². The summed E-state index contributed by atoms with van der Waals surface area (Å²) >= 11 is 6.00. The SMILES string of the molecule is COc1ccc(Cl)cc1C=CC(=O)Nc1cccc(OCC2CCCO2)c1. The summed E-state index contributed by atoms with van der Waals surface area (Å²) in [5.74, 6) is 1.09. The number of amides is 1. The van der Waals surface area contributed by atoms with Crippen molar-refractivity contribution in [2.24, 2.45) is 0 Å². The summed E-state index contributed by atoms with van der Waals surface area (Å²) in [6.45, 7) is 1.32. The van der Waals surface area contributed by atoms with Crippen LogP contribution in [0.5, 0.6) is 11.5 Å². The van der Waals surface area contributed by atoms with Crippen LogP contribution in [0.15, 0.2) is 48.5 Å². The number of anilines is 1. The number of halogens is 1. The van der Waals surface area contributed by atoms with Gasteiger partial charge in [0.25, 0.3) is 0 Å². The van der Waals surface area contributed by atoms with Crippen molar-refractivity contribution in [3.05, 3.63) is 59.1 Å². The molecule has 0 aliphatic carbocycles. The summed E-state index contributed by atoms with van der Waals surface area (Å²) in [6.07, 6.45) is 5.35. The Morgan fingerprint density at radius 2 is 2.22 bits per heavy atom. The summed E-state index contributed by atoms with van der Waals surface area (Å²) in [7, 11) is 1.57. The number of hydrogen-bond donors (Lipinski definition) is 1. The molecular weight excluding hydrogens is 366 g/mol. The van der Waals surface area contributed by atoms with Crippen LogP contribution in [0.25, 0.3) is 6.08 Å². The fourth-order valence-electron chi connectivity index (χ4n) is 2.81. The van der Waals surface area contributed by atoms with Crippen LogP contribution in [0.1, 0.15) is 18.4 Å². The first-order valence-corrected chi connectivity index (χ1v) is 9.19. The molecule has 1 heterocycles. The zero-order valence-electron chi connectivity index (χ0n) is 15.1. The van der Waals surface area contributed by atoms with E-state index in [0.29, 0.717) is 28.8 Å². The lowest BCUT2D eigenvalue weighted by atomic mass is 10.2. The van der Waals surface area contributed by atoms with Gasteiger partial charge < -0.3 is 19.5 Å². The first-order valence-electron chi connectivity index (χ1n) is 8.81. The van der Waals surface area contributed by atoms with Gasteiger partial charge in [0.2, 0.25) is 5.91 Å². The molecule has 1 N–H and O–H groups in total. The summed E-state index contributed by atoms with van der Waals surface area (Å²) < 4.78 is 16.6. The van der Waals surface area contributed by atoms with Crippen LogP contribution in [0.4, 0.5) is 5.69 Å². The second-order valence-electron chi connectivity index (χ2n) is 6.18. The number of methoxy groups -OCH3 is 1. The summed E-state index contributed by atoms with van der Waals surface area (Å²) in [4.78, 5) is 12.2. The molecule has 1 atom stereocenters. The van der Waals surface area contributed by atoms with E-state index in [1.807, 2.05) is 18.2 Å². The Morgan fingerprint density at radius 3 is 3.00 bits per heavy atom. The maximum absolute atomic E-state index is 12.2. The van der Waals surface area contributed by atoms with E-state index in [0.717, 1.165) is 25.0 Å². The smallest absolute Gasteiger partial charge is 0.248 e. The predicted molar refractivity (Wildman–Crippen MR) is 107 cm³/mol. The van der Waals surface area contributed by atoms with Gasteiger partial charge in [-0.05, 0) is 49.2 Å². The van der Waals surface area contributed by atoms with E-state index in [1.165, 1.54) is 6.08 Å². The van der Waals surface area contributed by atoms with Gasteiger partial charge in [0, 0.05) is 35.0 Å². The van der Waals surface area contributed by atoms with Gasteiger partial charge in [0.05, 0.1) is 13.2 Å². The Morgan fingerprint density at radius 1 is 1.33 bits per heavy atom. The Hall–Kier alpha value is -2.50. The van der Waals surface area contributed by atoms with Gasteiger partial charge in [-0.15, -0.1) is 0 Å². The summed E-state index contributed by atoms with van der Waals surface area (Å²) in [6, 6.07) is 12.5. The van der Waals surface area contributed by atoms with E-state index in [2.05, 4.69) is 5.32 Å². The zero-order chi connectivity index (χ0) is 19.1. The topological polar surface area (TPSA) is 56.8 Å². The average molecular weight is 388 g/mol. The molecule has 1 aliphatic heterocycles. The maximum Gasteiger partial charge on any atom is 0.248 e. The third kappa shape index (κ3) is 5.74. The number of rotatable bonds is 7. The minimum atomic E-state index is -0.256. The van der Waals surface area contributed by atoms with Gasteiger partial charge in [0.1, 0.15) is 18.1 Å². The van der Waals surface area contributed by atoms with Gasteiger partial charge in [-0.1, -0.05) is 17.7 Å². The minimum Gasteiger partial charge on any atom is -0.496 e. The zero-order valence-corrected chi connectivity index (χ0v) is 15.9. The number of ether oxygens (including phenoxy) is 3. The number of carbonyl (C=O) groups excluding carboxylic acids is 1. The largest absolute Gasteiger partial charge is 0.496 e. The lowest BCUT2D eigenvalue weighted by Gasteiger charge is -2.12. The molecule has 6 heteroatoms. The van der Waals surface area contributed by atoms with Crippen LogP contribution in [-0.4, -0.2) is 32.3 Å². The molecule has 3 rings (SSSR count). The van der Waals surface area contributed by atoms with Crippen LogP contribution in [0.3, 0.4) is 0 Å². The molecule has 142 valence electrons. The molecule has 0 aromatic heterocycles. The highest BCUT2D eigenvalue weighted by Gasteiger charge is 2.16. The molecule has 1 amide bonds. The van der Waals surface area contributed by atoms with Crippen molar-refractivity contribution < 1.29 is 19.0 Å². The highest BCUT2D eigenvalue weighted by Crippen LogP contribution is 2.24. The van der Waals surface area contributed by atoms with Crippen molar-refractivity contribution in [1.82, 2.24) is 0 Å². The molecular formula is C21H22ClNO4. The lowest BCUT2D eigenvalue weighted by molar-refractivity contribution is -0.111. The van der Waals surface area contributed by atoms with E-state index in [9.17, 15) is 4.79 Å².